The Morgan fingerprint density at radius 3 is 2.88 bits per heavy atom. The zero-order valence-electron chi connectivity index (χ0n) is 10.2. The summed E-state index contributed by atoms with van der Waals surface area (Å²) in [7, 11) is 0. The molecular formula is C14H22N2. The molecule has 1 N–H and O–H groups in total. The Morgan fingerprint density at radius 2 is 2.12 bits per heavy atom. The summed E-state index contributed by atoms with van der Waals surface area (Å²) in [6.07, 6.45) is 2.70. The fraction of sp³-hybridized carbons (Fsp3) is 0.571. The van der Waals surface area contributed by atoms with Crippen molar-refractivity contribution in [3.8, 4) is 0 Å². The minimum Gasteiger partial charge on any atom is -0.315 e. The van der Waals surface area contributed by atoms with Crippen LogP contribution in [0.2, 0.25) is 0 Å². The topological polar surface area (TPSA) is 15.3 Å². The van der Waals surface area contributed by atoms with E-state index < -0.39 is 0 Å². The lowest BCUT2D eigenvalue weighted by Crippen LogP contribution is -2.37. The fourth-order valence-corrected chi connectivity index (χ4v) is 2.46. The summed E-state index contributed by atoms with van der Waals surface area (Å²) in [4.78, 5) is 2.61. The molecule has 0 aromatic heterocycles. The molecule has 1 fully saturated rings. The molecule has 1 saturated heterocycles. The molecule has 2 rings (SSSR count). The standard InChI is InChI=1S/C14H22N2/c1-2-15-11-14-9-6-10-16(14)12-13-7-4-3-5-8-13/h3-5,7-8,14-15H,2,6,9-12H2,1H3/t14-/m1/s1. The summed E-state index contributed by atoms with van der Waals surface area (Å²) in [6, 6.07) is 11.5. The highest BCUT2D eigenvalue weighted by Gasteiger charge is 2.23. The van der Waals surface area contributed by atoms with Crippen molar-refractivity contribution in [2.45, 2.75) is 32.4 Å². The molecule has 1 aliphatic rings. The number of benzene rings is 1. The fourth-order valence-electron chi connectivity index (χ4n) is 2.46. The van der Waals surface area contributed by atoms with Crippen LogP contribution >= 0.6 is 0 Å². The van der Waals surface area contributed by atoms with E-state index in [2.05, 4.69) is 47.5 Å². The second kappa shape index (κ2) is 6.02. The smallest absolute Gasteiger partial charge is 0.0237 e. The van der Waals surface area contributed by atoms with E-state index in [1.54, 1.807) is 0 Å². The molecule has 16 heavy (non-hydrogen) atoms. The van der Waals surface area contributed by atoms with E-state index >= 15 is 0 Å². The lowest BCUT2D eigenvalue weighted by molar-refractivity contribution is 0.240. The van der Waals surface area contributed by atoms with Crippen LogP contribution in [0.25, 0.3) is 0 Å². The molecule has 1 aromatic rings. The number of likely N-dealkylation sites (N-methyl/N-ethyl adjacent to an activating group) is 1. The Morgan fingerprint density at radius 1 is 1.31 bits per heavy atom. The predicted molar refractivity (Wildman–Crippen MR) is 68.4 cm³/mol. The van der Waals surface area contributed by atoms with Crippen LogP contribution in [-0.2, 0) is 6.54 Å². The first-order valence-electron chi connectivity index (χ1n) is 6.39. The van der Waals surface area contributed by atoms with E-state index in [-0.39, 0.29) is 0 Å². The van der Waals surface area contributed by atoms with Crippen LogP contribution in [0.3, 0.4) is 0 Å². The molecular weight excluding hydrogens is 196 g/mol. The van der Waals surface area contributed by atoms with E-state index in [4.69, 9.17) is 0 Å². The van der Waals surface area contributed by atoms with Crippen molar-refractivity contribution in [3.05, 3.63) is 35.9 Å². The van der Waals surface area contributed by atoms with Gasteiger partial charge < -0.3 is 5.32 Å². The minimum atomic E-state index is 0.736. The average molecular weight is 218 g/mol. The van der Waals surface area contributed by atoms with Gasteiger partial charge in [-0.15, -0.1) is 0 Å². The Labute approximate surface area is 98.7 Å². The number of hydrogen-bond donors (Lipinski definition) is 1. The Hall–Kier alpha value is -0.860. The van der Waals surface area contributed by atoms with Crippen molar-refractivity contribution in [2.75, 3.05) is 19.6 Å². The lowest BCUT2D eigenvalue weighted by atomic mass is 10.2. The van der Waals surface area contributed by atoms with Gasteiger partial charge in [0.2, 0.25) is 0 Å². The number of hydrogen-bond acceptors (Lipinski definition) is 2. The van der Waals surface area contributed by atoms with Gasteiger partial charge in [-0.1, -0.05) is 37.3 Å². The lowest BCUT2D eigenvalue weighted by Gasteiger charge is -2.24. The second-order valence-electron chi connectivity index (χ2n) is 4.56. The molecule has 1 aliphatic heterocycles. The van der Waals surface area contributed by atoms with Crippen LogP contribution in [0.1, 0.15) is 25.3 Å². The highest BCUT2D eigenvalue weighted by Crippen LogP contribution is 2.19. The van der Waals surface area contributed by atoms with Crippen molar-refractivity contribution >= 4 is 0 Å². The van der Waals surface area contributed by atoms with Gasteiger partial charge in [-0.25, -0.2) is 0 Å². The van der Waals surface area contributed by atoms with Crippen molar-refractivity contribution in [3.63, 3.8) is 0 Å². The molecule has 0 amide bonds. The van der Waals surface area contributed by atoms with Gasteiger partial charge in [0.25, 0.3) is 0 Å². The third kappa shape index (κ3) is 3.06. The second-order valence-corrected chi connectivity index (χ2v) is 4.56. The zero-order chi connectivity index (χ0) is 11.2. The Kier molecular flexibility index (Phi) is 4.37. The maximum absolute atomic E-state index is 3.46. The van der Waals surface area contributed by atoms with Gasteiger partial charge >= 0.3 is 0 Å². The predicted octanol–water partition coefficient (Wildman–Crippen LogP) is 2.26. The van der Waals surface area contributed by atoms with Crippen LogP contribution in [0, 0.1) is 0 Å². The number of nitrogens with zero attached hydrogens (tertiary/aromatic N) is 1. The van der Waals surface area contributed by atoms with Crippen LogP contribution in [0.15, 0.2) is 30.3 Å². The summed E-state index contributed by atoms with van der Waals surface area (Å²) in [5.74, 6) is 0. The van der Waals surface area contributed by atoms with Crippen molar-refractivity contribution in [1.82, 2.24) is 10.2 Å². The molecule has 2 nitrogen and oxygen atoms in total. The summed E-state index contributed by atoms with van der Waals surface area (Å²) in [6.45, 7) is 6.76. The average Bonchev–Trinajstić information content (AvgIpc) is 2.75. The van der Waals surface area contributed by atoms with Gasteiger partial charge in [0.1, 0.15) is 0 Å². The molecule has 0 unspecified atom stereocenters. The van der Waals surface area contributed by atoms with E-state index in [1.165, 1.54) is 24.9 Å². The van der Waals surface area contributed by atoms with Crippen LogP contribution in [0.5, 0.6) is 0 Å². The van der Waals surface area contributed by atoms with E-state index in [1.807, 2.05) is 0 Å². The van der Waals surface area contributed by atoms with Crippen molar-refractivity contribution in [1.29, 1.82) is 0 Å². The molecule has 0 radical (unpaired) electrons. The molecule has 1 aromatic carbocycles. The molecule has 0 spiro atoms. The number of nitrogens with one attached hydrogen (secondary N) is 1. The maximum atomic E-state index is 3.46. The molecule has 0 aliphatic carbocycles. The molecule has 2 heteroatoms. The van der Waals surface area contributed by atoms with E-state index in [0.717, 1.165) is 25.7 Å². The van der Waals surface area contributed by atoms with Crippen molar-refractivity contribution in [2.24, 2.45) is 0 Å². The third-order valence-corrected chi connectivity index (χ3v) is 3.36. The van der Waals surface area contributed by atoms with Gasteiger partial charge in [0, 0.05) is 19.1 Å². The first-order valence-corrected chi connectivity index (χ1v) is 6.39. The van der Waals surface area contributed by atoms with Gasteiger partial charge in [-0.2, -0.15) is 0 Å². The van der Waals surface area contributed by atoms with Gasteiger partial charge in [0.15, 0.2) is 0 Å². The molecule has 0 bridgehead atoms. The summed E-state index contributed by atoms with van der Waals surface area (Å²) in [5.41, 5.74) is 1.44. The Balaban J connectivity index is 1.88. The largest absolute Gasteiger partial charge is 0.315 e. The van der Waals surface area contributed by atoms with Gasteiger partial charge in [0.05, 0.1) is 0 Å². The number of likely N-dealkylation sites (tertiary alicyclic amines) is 1. The first kappa shape index (κ1) is 11.6. The first-order chi connectivity index (χ1) is 7.90. The maximum Gasteiger partial charge on any atom is 0.0237 e. The molecule has 88 valence electrons. The zero-order valence-corrected chi connectivity index (χ0v) is 10.2. The molecule has 1 heterocycles. The SMILES string of the molecule is CCNC[C@H]1CCCN1Cc1ccccc1. The van der Waals surface area contributed by atoms with Crippen molar-refractivity contribution < 1.29 is 0 Å². The quantitative estimate of drug-likeness (QED) is 0.815. The van der Waals surface area contributed by atoms with Crippen LogP contribution in [-0.4, -0.2) is 30.6 Å². The number of rotatable bonds is 5. The van der Waals surface area contributed by atoms with Gasteiger partial charge in [-0.3, -0.25) is 4.90 Å². The normalized spacial score (nSPS) is 21.4. The highest BCUT2D eigenvalue weighted by atomic mass is 15.2. The van der Waals surface area contributed by atoms with E-state index in [9.17, 15) is 0 Å². The van der Waals surface area contributed by atoms with E-state index in [0.29, 0.717) is 0 Å². The van der Waals surface area contributed by atoms with Crippen LogP contribution < -0.4 is 5.32 Å². The molecule has 0 saturated carbocycles. The summed E-state index contributed by atoms with van der Waals surface area (Å²) >= 11 is 0. The Bertz CT molecular complexity index is 297. The highest BCUT2D eigenvalue weighted by molar-refractivity contribution is 5.14. The van der Waals surface area contributed by atoms with Crippen LogP contribution in [0.4, 0.5) is 0 Å². The molecule has 1 atom stereocenters. The summed E-state index contributed by atoms with van der Waals surface area (Å²) in [5, 5.41) is 3.46. The minimum absolute atomic E-state index is 0.736. The third-order valence-electron chi connectivity index (χ3n) is 3.36. The summed E-state index contributed by atoms with van der Waals surface area (Å²) < 4.78 is 0. The van der Waals surface area contributed by atoms with Gasteiger partial charge in [-0.05, 0) is 31.5 Å². The monoisotopic (exact) mass is 218 g/mol.